The van der Waals surface area contributed by atoms with Gasteiger partial charge in [-0.1, -0.05) is 0 Å². The summed E-state index contributed by atoms with van der Waals surface area (Å²) in [6.45, 7) is 2.67. The van der Waals surface area contributed by atoms with Gasteiger partial charge in [0.25, 0.3) is 0 Å². The zero-order valence-corrected chi connectivity index (χ0v) is 13.1. The third-order valence-electron chi connectivity index (χ3n) is 3.51. The molecule has 1 N–H and O–H groups in total. The quantitative estimate of drug-likeness (QED) is 0.850. The third kappa shape index (κ3) is 3.69. The number of H-pyrrole nitrogens is 1. The van der Waals surface area contributed by atoms with Crippen LogP contribution in [0.3, 0.4) is 0 Å². The second-order valence-electron chi connectivity index (χ2n) is 5.02. The van der Waals surface area contributed by atoms with Crippen molar-refractivity contribution in [3.63, 3.8) is 0 Å². The molecule has 0 aliphatic heterocycles. The van der Waals surface area contributed by atoms with Crippen molar-refractivity contribution in [3.05, 3.63) is 30.0 Å². The van der Waals surface area contributed by atoms with Crippen LogP contribution in [0.2, 0.25) is 0 Å². The Balaban J connectivity index is 2.10. The number of nitrogens with one attached hydrogen (secondary N) is 1. The zero-order chi connectivity index (χ0) is 14.5. The molecule has 0 aliphatic rings. The second kappa shape index (κ2) is 7.02. The second-order valence-corrected chi connectivity index (χ2v) is 6.40. The van der Waals surface area contributed by atoms with E-state index in [1.807, 2.05) is 18.2 Å². The normalized spacial score (nSPS) is 13.2. The summed E-state index contributed by atoms with van der Waals surface area (Å²) >= 11 is 0. The number of methoxy groups -OCH3 is 1. The first kappa shape index (κ1) is 15.2. The van der Waals surface area contributed by atoms with Crippen molar-refractivity contribution in [1.82, 2.24) is 9.88 Å². The Hall–Kier alpha value is -1.17. The molecule has 0 spiro atoms. The summed E-state index contributed by atoms with van der Waals surface area (Å²) in [4.78, 5) is 6.41. The first-order valence-electron chi connectivity index (χ1n) is 6.72. The van der Waals surface area contributed by atoms with Gasteiger partial charge in [0.1, 0.15) is 0 Å². The van der Waals surface area contributed by atoms with Crippen LogP contribution in [-0.4, -0.2) is 54.2 Å². The van der Waals surface area contributed by atoms with Crippen LogP contribution in [0.5, 0.6) is 0 Å². The summed E-state index contributed by atoms with van der Waals surface area (Å²) in [6.07, 6.45) is 4.74. The first-order valence-corrected chi connectivity index (χ1v) is 8.28. The van der Waals surface area contributed by atoms with Gasteiger partial charge in [-0.2, -0.15) is 0 Å². The van der Waals surface area contributed by atoms with Crippen molar-refractivity contribution in [1.29, 1.82) is 0 Å². The topological polar surface area (TPSA) is 45.3 Å². The highest BCUT2D eigenvalue weighted by Crippen LogP contribution is 2.21. The number of aromatic nitrogens is 1. The number of fused-ring (bicyclic) bond motifs is 1. The lowest BCUT2D eigenvalue weighted by Gasteiger charge is -2.15. The molecule has 0 saturated carbocycles. The van der Waals surface area contributed by atoms with Crippen LogP contribution >= 0.6 is 0 Å². The number of likely N-dealkylation sites (N-methyl/N-ethyl adjacent to an activating group) is 1. The number of rotatable bonds is 7. The molecular formula is C15H22N2O2S. The molecule has 1 unspecified atom stereocenters. The van der Waals surface area contributed by atoms with Gasteiger partial charge in [-0.15, -0.1) is 0 Å². The van der Waals surface area contributed by atoms with Crippen molar-refractivity contribution in [2.24, 2.45) is 0 Å². The fourth-order valence-electron chi connectivity index (χ4n) is 2.21. The minimum absolute atomic E-state index is 0.753. The van der Waals surface area contributed by atoms with Gasteiger partial charge in [-0.05, 0) is 37.2 Å². The molecule has 1 atom stereocenters. The molecule has 20 heavy (non-hydrogen) atoms. The molecule has 0 amide bonds. The predicted octanol–water partition coefficient (Wildman–Crippen LogP) is 2.03. The van der Waals surface area contributed by atoms with Gasteiger partial charge >= 0.3 is 0 Å². The van der Waals surface area contributed by atoms with Gasteiger partial charge in [0, 0.05) is 59.2 Å². The Morgan fingerprint density at radius 3 is 2.85 bits per heavy atom. The first-order chi connectivity index (χ1) is 9.61. The van der Waals surface area contributed by atoms with E-state index in [4.69, 9.17) is 4.74 Å². The molecule has 1 aromatic carbocycles. The molecular weight excluding hydrogens is 272 g/mol. The molecule has 2 rings (SSSR count). The van der Waals surface area contributed by atoms with Crippen LogP contribution < -0.4 is 0 Å². The van der Waals surface area contributed by atoms with E-state index < -0.39 is 10.8 Å². The summed E-state index contributed by atoms with van der Waals surface area (Å²) in [5.41, 5.74) is 2.38. The van der Waals surface area contributed by atoms with Gasteiger partial charge in [0.15, 0.2) is 0 Å². The summed E-state index contributed by atoms with van der Waals surface area (Å²) in [5, 5.41) is 1.18. The van der Waals surface area contributed by atoms with E-state index in [2.05, 4.69) is 23.1 Å². The van der Waals surface area contributed by atoms with E-state index in [1.165, 1.54) is 10.9 Å². The van der Waals surface area contributed by atoms with Crippen molar-refractivity contribution < 1.29 is 8.95 Å². The van der Waals surface area contributed by atoms with Crippen LogP contribution in [0.4, 0.5) is 0 Å². The predicted molar refractivity (Wildman–Crippen MR) is 83.7 cm³/mol. The molecule has 5 heteroatoms. The van der Waals surface area contributed by atoms with Crippen LogP contribution in [0.1, 0.15) is 5.56 Å². The molecule has 0 aliphatic carbocycles. The van der Waals surface area contributed by atoms with Crippen LogP contribution in [-0.2, 0) is 22.0 Å². The van der Waals surface area contributed by atoms with Gasteiger partial charge < -0.3 is 14.6 Å². The summed E-state index contributed by atoms with van der Waals surface area (Å²) in [5.74, 6) is 0. The van der Waals surface area contributed by atoms with Gasteiger partial charge in [-0.3, -0.25) is 4.21 Å². The van der Waals surface area contributed by atoms with Crippen LogP contribution in [0.15, 0.2) is 29.3 Å². The number of benzene rings is 1. The highest BCUT2D eigenvalue weighted by Gasteiger charge is 2.07. The van der Waals surface area contributed by atoms with Crippen LogP contribution in [0, 0.1) is 0 Å². The molecule has 2 aromatic rings. The van der Waals surface area contributed by atoms with E-state index in [-0.39, 0.29) is 0 Å². The third-order valence-corrected chi connectivity index (χ3v) is 4.43. The Bertz CT molecular complexity index is 595. The minimum atomic E-state index is -0.935. The number of ether oxygens (including phenoxy) is 1. The maximum Gasteiger partial charge on any atom is 0.0589 e. The Morgan fingerprint density at radius 2 is 2.15 bits per heavy atom. The number of aromatic amines is 1. The number of hydrogen-bond acceptors (Lipinski definition) is 3. The number of nitrogens with zero attached hydrogens (tertiary/aromatic N) is 1. The standard InChI is InChI=1S/C15H22N2O2S/c1-17(8-9-19-2)7-6-12-11-16-15-5-4-13(20(3)18)10-14(12)15/h4-5,10-11,16H,6-9H2,1-3H3. The highest BCUT2D eigenvalue weighted by molar-refractivity contribution is 7.84. The lowest BCUT2D eigenvalue weighted by atomic mass is 10.1. The zero-order valence-electron chi connectivity index (χ0n) is 12.3. The maximum absolute atomic E-state index is 11.6. The average molecular weight is 294 g/mol. The Labute approximate surface area is 122 Å². The molecule has 0 fully saturated rings. The molecule has 0 saturated heterocycles. The molecule has 1 heterocycles. The lowest BCUT2D eigenvalue weighted by Crippen LogP contribution is -2.25. The summed E-state index contributed by atoms with van der Waals surface area (Å²) in [7, 11) is 2.88. The van der Waals surface area contributed by atoms with E-state index in [0.717, 1.165) is 36.5 Å². The van der Waals surface area contributed by atoms with Crippen molar-refractivity contribution in [2.45, 2.75) is 11.3 Å². The molecule has 1 aromatic heterocycles. The summed E-state index contributed by atoms with van der Waals surface area (Å²) < 4.78 is 16.7. The lowest BCUT2D eigenvalue weighted by molar-refractivity contribution is 0.162. The van der Waals surface area contributed by atoms with Gasteiger partial charge in [-0.25, -0.2) is 0 Å². The van der Waals surface area contributed by atoms with E-state index in [1.54, 1.807) is 13.4 Å². The smallest absolute Gasteiger partial charge is 0.0589 e. The van der Waals surface area contributed by atoms with E-state index in [0.29, 0.717) is 0 Å². The molecule has 4 nitrogen and oxygen atoms in total. The van der Waals surface area contributed by atoms with Gasteiger partial charge in [0.2, 0.25) is 0 Å². The summed E-state index contributed by atoms with van der Waals surface area (Å²) in [6, 6.07) is 5.96. The van der Waals surface area contributed by atoms with Crippen molar-refractivity contribution >= 4 is 21.7 Å². The van der Waals surface area contributed by atoms with Crippen LogP contribution in [0.25, 0.3) is 10.9 Å². The minimum Gasteiger partial charge on any atom is -0.383 e. The van der Waals surface area contributed by atoms with E-state index in [9.17, 15) is 4.21 Å². The number of hydrogen-bond donors (Lipinski definition) is 1. The van der Waals surface area contributed by atoms with Crippen molar-refractivity contribution in [3.8, 4) is 0 Å². The Kier molecular flexibility index (Phi) is 5.34. The average Bonchev–Trinajstić information content (AvgIpc) is 2.85. The molecule has 110 valence electrons. The monoisotopic (exact) mass is 294 g/mol. The Morgan fingerprint density at radius 1 is 1.35 bits per heavy atom. The fraction of sp³-hybridized carbons (Fsp3) is 0.467. The van der Waals surface area contributed by atoms with Crippen molar-refractivity contribution in [2.75, 3.05) is 40.1 Å². The van der Waals surface area contributed by atoms with E-state index >= 15 is 0 Å². The SMILES string of the molecule is COCCN(C)CCc1c[nH]c2ccc(S(C)=O)cc12. The van der Waals surface area contributed by atoms with Gasteiger partial charge in [0.05, 0.1) is 6.61 Å². The largest absolute Gasteiger partial charge is 0.383 e. The molecule has 0 bridgehead atoms. The highest BCUT2D eigenvalue weighted by atomic mass is 32.2. The maximum atomic E-state index is 11.6. The fourth-order valence-corrected chi connectivity index (χ4v) is 2.76. The molecule has 0 radical (unpaired) electrons.